The Balaban J connectivity index is 1.70. The molecule has 0 bridgehead atoms. The van der Waals surface area contributed by atoms with Crippen molar-refractivity contribution >= 4 is 22.4 Å². The van der Waals surface area contributed by atoms with Crippen molar-refractivity contribution in [2.24, 2.45) is 0 Å². The molecule has 6 nitrogen and oxygen atoms in total. The van der Waals surface area contributed by atoms with Crippen molar-refractivity contribution < 1.29 is 18.3 Å². The van der Waals surface area contributed by atoms with E-state index in [0.717, 1.165) is 12.1 Å². The molecule has 0 saturated heterocycles. The molecule has 0 radical (unpaired) electrons. The number of carbonyl (C=O) groups excluding carboxylic acids is 1. The highest BCUT2D eigenvalue weighted by molar-refractivity contribution is 7.13. The van der Waals surface area contributed by atoms with Crippen LogP contribution in [0.4, 0.5) is 13.9 Å². The minimum absolute atomic E-state index is 0.105. The van der Waals surface area contributed by atoms with Gasteiger partial charge >= 0.3 is 0 Å². The van der Waals surface area contributed by atoms with Gasteiger partial charge in [-0.2, -0.15) is 0 Å². The van der Waals surface area contributed by atoms with E-state index in [1.165, 1.54) is 23.6 Å². The van der Waals surface area contributed by atoms with E-state index in [-0.39, 0.29) is 24.1 Å². The Morgan fingerprint density at radius 2 is 2.12 bits per heavy atom. The Morgan fingerprint density at radius 3 is 2.85 bits per heavy atom. The smallest absolute Gasteiger partial charge is 0.271 e. The summed E-state index contributed by atoms with van der Waals surface area (Å²) in [6, 6.07) is 6.59. The van der Waals surface area contributed by atoms with Gasteiger partial charge in [-0.1, -0.05) is 6.07 Å². The number of amides is 1. The summed E-state index contributed by atoms with van der Waals surface area (Å²) in [4.78, 5) is 20.4. The van der Waals surface area contributed by atoms with Gasteiger partial charge in [-0.05, 0) is 18.2 Å². The minimum Gasteiger partial charge on any atom is -0.439 e. The summed E-state index contributed by atoms with van der Waals surface area (Å²) in [6.45, 7) is 0.137. The highest BCUT2D eigenvalue weighted by Crippen LogP contribution is 2.24. The quantitative estimate of drug-likeness (QED) is 0.688. The second-order valence-electron chi connectivity index (χ2n) is 5.12. The molecule has 1 aromatic carbocycles. The lowest BCUT2D eigenvalue weighted by Crippen LogP contribution is -2.23. The third-order valence-electron chi connectivity index (χ3n) is 3.35. The zero-order chi connectivity index (χ0) is 18.5. The summed E-state index contributed by atoms with van der Waals surface area (Å²) in [5, 5.41) is 7.86. The van der Waals surface area contributed by atoms with Crippen LogP contribution in [-0.2, 0) is 6.54 Å². The van der Waals surface area contributed by atoms with E-state index >= 15 is 0 Å². The number of nitrogens with zero attached hydrogens (tertiary/aromatic N) is 2. The number of halogens is 2. The average molecular weight is 376 g/mol. The topological polar surface area (TPSA) is 76.1 Å². The Morgan fingerprint density at radius 1 is 1.27 bits per heavy atom. The Labute approximate surface area is 151 Å². The van der Waals surface area contributed by atoms with Gasteiger partial charge in [-0.15, -0.1) is 11.3 Å². The lowest BCUT2D eigenvalue weighted by atomic mass is 10.2. The number of carbonyl (C=O) groups is 1. The zero-order valence-electron chi connectivity index (χ0n) is 13.6. The maximum Gasteiger partial charge on any atom is 0.271 e. The molecule has 134 valence electrons. The molecule has 0 spiro atoms. The number of hydrogen-bond donors (Lipinski definition) is 2. The molecule has 0 unspecified atom stereocenters. The van der Waals surface area contributed by atoms with E-state index in [1.807, 2.05) is 0 Å². The molecule has 26 heavy (non-hydrogen) atoms. The Kier molecular flexibility index (Phi) is 5.37. The standard InChI is InChI=1S/C17H14F2N4O2S/c1-20-17-23-14(9-26-17)15(24)22-8-10-3-2-6-21-16(10)25-11-4-5-12(18)13(19)7-11/h2-7,9H,8H2,1H3,(H,20,23)(H,22,24). The van der Waals surface area contributed by atoms with E-state index < -0.39 is 11.6 Å². The summed E-state index contributed by atoms with van der Waals surface area (Å²) in [5.74, 6) is -2.03. The summed E-state index contributed by atoms with van der Waals surface area (Å²) in [5.41, 5.74) is 0.876. The number of pyridine rings is 1. The molecule has 9 heteroatoms. The number of nitrogens with one attached hydrogen (secondary N) is 2. The van der Waals surface area contributed by atoms with Crippen LogP contribution in [0.25, 0.3) is 0 Å². The predicted octanol–water partition coefficient (Wildman–Crippen LogP) is 3.58. The van der Waals surface area contributed by atoms with Crippen LogP contribution in [0, 0.1) is 11.6 Å². The molecular weight excluding hydrogens is 362 g/mol. The first-order chi connectivity index (χ1) is 12.6. The zero-order valence-corrected chi connectivity index (χ0v) is 14.4. The SMILES string of the molecule is CNc1nc(C(=O)NCc2cccnc2Oc2ccc(F)c(F)c2)cs1. The van der Waals surface area contributed by atoms with Crippen molar-refractivity contribution in [1.82, 2.24) is 15.3 Å². The number of thiazole rings is 1. The van der Waals surface area contributed by atoms with E-state index in [2.05, 4.69) is 20.6 Å². The van der Waals surface area contributed by atoms with Gasteiger partial charge in [0.15, 0.2) is 16.8 Å². The maximum absolute atomic E-state index is 13.3. The number of aromatic nitrogens is 2. The molecule has 0 fully saturated rings. The van der Waals surface area contributed by atoms with Crippen LogP contribution in [0.2, 0.25) is 0 Å². The number of hydrogen-bond acceptors (Lipinski definition) is 6. The van der Waals surface area contributed by atoms with Crippen molar-refractivity contribution in [1.29, 1.82) is 0 Å². The van der Waals surface area contributed by atoms with Crippen LogP contribution in [-0.4, -0.2) is 22.9 Å². The Hall–Kier alpha value is -3.07. The van der Waals surface area contributed by atoms with Gasteiger partial charge in [0.2, 0.25) is 5.88 Å². The van der Waals surface area contributed by atoms with E-state index in [0.29, 0.717) is 16.4 Å². The van der Waals surface area contributed by atoms with Gasteiger partial charge in [0, 0.05) is 36.8 Å². The van der Waals surface area contributed by atoms with Crippen molar-refractivity contribution in [2.45, 2.75) is 6.54 Å². The first kappa shape index (κ1) is 17.7. The average Bonchev–Trinajstić information content (AvgIpc) is 3.13. The summed E-state index contributed by atoms with van der Waals surface area (Å²) >= 11 is 1.32. The van der Waals surface area contributed by atoms with E-state index in [1.54, 1.807) is 24.6 Å². The normalized spacial score (nSPS) is 10.4. The minimum atomic E-state index is -1.02. The monoisotopic (exact) mass is 376 g/mol. The first-order valence-corrected chi connectivity index (χ1v) is 8.43. The largest absolute Gasteiger partial charge is 0.439 e. The fraction of sp³-hybridized carbons (Fsp3) is 0.118. The predicted molar refractivity (Wildman–Crippen MR) is 93.5 cm³/mol. The molecule has 0 aliphatic rings. The summed E-state index contributed by atoms with van der Waals surface area (Å²) < 4.78 is 31.8. The lowest BCUT2D eigenvalue weighted by molar-refractivity contribution is 0.0946. The fourth-order valence-electron chi connectivity index (χ4n) is 2.06. The van der Waals surface area contributed by atoms with Gasteiger partial charge in [0.05, 0.1) is 0 Å². The third-order valence-corrected chi connectivity index (χ3v) is 4.21. The second-order valence-corrected chi connectivity index (χ2v) is 5.97. The van der Waals surface area contributed by atoms with E-state index in [9.17, 15) is 13.6 Å². The number of rotatable bonds is 6. The van der Waals surface area contributed by atoms with Crippen LogP contribution in [0.3, 0.4) is 0 Å². The molecular formula is C17H14F2N4O2S. The maximum atomic E-state index is 13.3. The van der Waals surface area contributed by atoms with E-state index in [4.69, 9.17) is 4.74 Å². The number of benzene rings is 1. The lowest BCUT2D eigenvalue weighted by Gasteiger charge is -2.10. The molecule has 1 amide bonds. The van der Waals surface area contributed by atoms with Crippen LogP contribution >= 0.6 is 11.3 Å². The van der Waals surface area contributed by atoms with Crippen molar-refractivity contribution in [3.63, 3.8) is 0 Å². The summed E-state index contributed by atoms with van der Waals surface area (Å²) in [6.07, 6.45) is 1.50. The molecule has 0 atom stereocenters. The van der Waals surface area contributed by atoms with Crippen molar-refractivity contribution in [3.8, 4) is 11.6 Å². The third kappa shape index (κ3) is 4.12. The Bertz CT molecular complexity index is 933. The molecule has 2 aromatic heterocycles. The first-order valence-electron chi connectivity index (χ1n) is 7.55. The molecule has 0 aliphatic heterocycles. The van der Waals surface area contributed by atoms with Gasteiger partial charge in [-0.3, -0.25) is 4.79 Å². The number of ether oxygens (including phenoxy) is 1. The van der Waals surface area contributed by atoms with Gasteiger partial charge in [-0.25, -0.2) is 18.7 Å². The van der Waals surface area contributed by atoms with Gasteiger partial charge in [0.1, 0.15) is 11.4 Å². The van der Waals surface area contributed by atoms with Crippen LogP contribution in [0.5, 0.6) is 11.6 Å². The highest BCUT2D eigenvalue weighted by Gasteiger charge is 2.13. The molecule has 0 aliphatic carbocycles. The van der Waals surface area contributed by atoms with Crippen LogP contribution in [0.1, 0.15) is 16.1 Å². The second kappa shape index (κ2) is 7.87. The fourth-order valence-corrected chi connectivity index (χ4v) is 2.71. The van der Waals surface area contributed by atoms with Crippen molar-refractivity contribution in [3.05, 3.63) is 64.8 Å². The van der Waals surface area contributed by atoms with Crippen LogP contribution < -0.4 is 15.4 Å². The van der Waals surface area contributed by atoms with Crippen LogP contribution in [0.15, 0.2) is 41.9 Å². The molecule has 2 N–H and O–H groups in total. The summed E-state index contributed by atoms with van der Waals surface area (Å²) in [7, 11) is 1.72. The van der Waals surface area contributed by atoms with Crippen molar-refractivity contribution in [2.75, 3.05) is 12.4 Å². The molecule has 3 aromatic rings. The highest BCUT2D eigenvalue weighted by atomic mass is 32.1. The molecule has 2 heterocycles. The van der Waals surface area contributed by atoms with Gasteiger partial charge in [0.25, 0.3) is 5.91 Å². The molecule has 0 saturated carbocycles. The van der Waals surface area contributed by atoms with Gasteiger partial charge < -0.3 is 15.4 Å². The number of anilines is 1. The molecule has 3 rings (SSSR count).